The van der Waals surface area contributed by atoms with Crippen LogP contribution in [0.5, 0.6) is 0 Å². The minimum atomic E-state index is -0.399. The van der Waals surface area contributed by atoms with Crippen LogP contribution in [0.15, 0.2) is 43.0 Å². The van der Waals surface area contributed by atoms with E-state index in [2.05, 4.69) is 4.98 Å². The minimum Gasteiger partial charge on any atom is -0.391 e. The normalized spacial score (nSPS) is 15.7. The number of carbonyl (C=O) groups is 1. The van der Waals surface area contributed by atoms with E-state index in [0.717, 1.165) is 18.5 Å². The molecule has 1 aliphatic rings. The Balaban J connectivity index is 1.66. The maximum absolute atomic E-state index is 12.3. The lowest BCUT2D eigenvalue weighted by molar-refractivity contribution is 0.0645. The van der Waals surface area contributed by atoms with E-state index in [4.69, 9.17) is 0 Å². The number of hydrogen-bond acceptors (Lipinski definition) is 3. The van der Waals surface area contributed by atoms with Gasteiger partial charge in [-0.25, -0.2) is 4.98 Å². The second-order valence-corrected chi connectivity index (χ2v) is 5.61. The van der Waals surface area contributed by atoms with Gasteiger partial charge < -0.3 is 14.6 Å². The average Bonchev–Trinajstić information content (AvgIpc) is 3.22. The molecule has 1 saturated carbocycles. The molecule has 1 fully saturated rings. The average molecular weight is 285 g/mol. The van der Waals surface area contributed by atoms with Gasteiger partial charge in [0.1, 0.15) is 0 Å². The lowest BCUT2D eigenvalue weighted by atomic mass is 10.1. The lowest BCUT2D eigenvalue weighted by Gasteiger charge is -2.21. The van der Waals surface area contributed by atoms with E-state index in [-0.39, 0.29) is 5.91 Å². The molecule has 1 aromatic heterocycles. The molecule has 5 nitrogen and oxygen atoms in total. The van der Waals surface area contributed by atoms with Crippen molar-refractivity contribution in [2.75, 3.05) is 13.6 Å². The van der Waals surface area contributed by atoms with E-state index in [0.29, 0.717) is 18.0 Å². The van der Waals surface area contributed by atoms with Gasteiger partial charge in [0.15, 0.2) is 0 Å². The van der Waals surface area contributed by atoms with E-state index in [1.54, 1.807) is 36.6 Å². The molecular formula is C16H19N3O2. The molecule has 2 aromatic rings. The molecule has 5 heteroatoms. The molecular weight excluding hydrogens is 266 g/mol. The van der Waals surface area contributed by atoms with E-state index in [1.807, 2.05) is 22.9 Å². The molecule has 1 unspecified atom stereocenters. The molecule has 1 N–H and O–H groups in total. The van der Waals surface area contributed by atoms with Gasteiger partial charge in [0.05, 0.1) is 12.4 Å². The summed E-state index contributed by atoms with van der Waals surface area (Å²) in [4.78, 5) is 17.9. The topological polar surface area (TPSA) is 58.4 Å². The summed E-state index contributed by atoms with van der Waals surface area (Å²) < 4.78 is 1.88. The van der Waals surface area contributed by atoms with Crippen LogP contribution in [-0.2, 0) is 0 Å². The Bertz CT molecular complexity index is 603. The number of hydrogen-bond donors (Lipinski definition) is 1. The monoisotopic (exact) mass is 285 g/mol. The number of aliphatic hydroxyl groups excluding tert-OH is 1. The molecule has 0 saturated heterocycles. The molecule has 1 aliphatic carbocycles. The van der Waals surface area contributed by atoms with Crippen molar-refractivity contribution in [3.8, 4) is 5.69 Å². The summed E-state index contributed by atoms with van der Waals surface area (Å²) in [6, 6.07) is 7.38. The Labute approximate surface area is 123 Å². The number of likely N-dealkylation sites (N-methyl/N-ethyl adjacent to an activating group) is 1. The Kier molecular flexibility index (Phi) is 3.75. The highest BCUT2D eigenvalue weighted by Crippen LogP contribution is 2.32. The Morgan fingerprint density at radius 2 is 2.14 bits per heavy atom. The van der Waals surface area contributed by atoms with E-state index >= 15 is 0 Å². The highest BCUT2D eigenvalue weighted by Gasteiger charge is 2.31. The SMILES string of the molecule is CN(CC(O)C1CC1)C(=O)c1ccc(-n2ccnc2)cc1. The van der Waals surface area contributed by atoms with Crippen LogP contribution in [-0.4, -0.2) is 45.2 Å². The van der Waals surface area contributed by atoms with E-state index in [9.17, 15) is 9.90 Å². The first-order chi connectivity index (χ1) is 10.1. The zero-order valence-corrected chi connectivity index (χ0v) is 12.0. The quantitative estimate of drug-likeness (QED) is 0.910. The Hall–Kier alpha value is -2.14. The molecule has 110 valence electrons. The standard InChI is InChI=1S/C16H19N3O2/c1-18(10-15(20)12-2-3-12)16(21)13-4-6-14(7-5-13)19-9-8-17-11-19/h4-9,11-12,15,20H,2-3,10H2,1H3. The van der Waals surface area contributed by atoms with E-state index < -0.39 is 6.10 Å². The van der Waals surface area contributed by atoms with Crippen molar-refractivity contribution in [2.45, 2.75) is 18.9 Å². The fourth-order valence-electron chi connectivity index (χ4n) is 2.40. The van der Waals surface area contributed by atoms with Crippen LogP contribution in [0, 0.1) is 5.92 Å². The highest BCUT2D eigenvalue weighted by atomic mass is 16.3. The van der Waals surface area contributed by atoms with Crippen LogP contribution < -0.4 is 0 Å². The van der Waals surface area contributed by atoms with Crippen molar-refractivity contribution in [1.82, 2.24) is 14.5 Å². The van der Waals surface area contributed by atoms with Gasteiger partial charge in [-0.05, 0) is 43.0 Å². The van der Waals surface area contributed by atoms with Crippen molar-refractivity contribution in [1.29, 1.82) is 0 Å². The zero-order valence-electron chi connectivity index (χ0n) is 12.0. The maximum Gasteiger partial charge on any atom is 0.253 e. The number of benzene rings is 1. The number of rotatable bonds is 5. The van der Waals surface area contributed by atoms with Gasteiger partial charge in [0.2, 0.25) is 0 Å². The first-order valence-corrected chi connectivity index (χ1v) is 7.17. The van der Waals surface area contributed by atoms with Gasteiger partial charge in [-0.3, -0.25) is 4.79 Å². The second-order valence-electron chi connectivity index (χ2n) is 5.61. The van der Waals surface area contributed by atoms with Gasteiger partial charge in [-0.1, -0.05) is 0 Å². The summed E-state index contributed by atoms with van der Waals surface area (Å²) in [5, 5.41) is 9.92. The van der Waals surface area contributed by atoms with Crippen LogP contribution in [0.1, 0.15) is 23.2 Å². The first kappa shape index (κ1) is 13.8. The van der Waals surface area contributed by atoms with Gasteiger partial charge in [-0.15, -0.1) is 0 Å². The van der Waals surface area contributed by atoms with Gasteiger partial charge in [0.25, 0.3) is 5.91 Å². The minimum absolute atomic E-state index is 0.0631. The van der Waals surface area contributed by atoms with Crippen molar-refractivity contribution in [3.63, 3.8) is 0 Å². The van der Waals surface area contributed by atoms with Crippen LogP contribution in [0.3, 0.4) is 0 Å². The third kappa shape index (κ3) is 3.13. The molecule has 1 amide bonds. The second kappa shape index (κ2) is 5.69. The molecule has 0 aliphatic heterocycles. The Morgan fingerprint density at radius 3 is 2.71 bits per heavy atom. The highest BCUT2D eigenvalue weighted by molar-refractivity contribution is 5.94. The van der Waals surface area contributed by atoms with Crippen molar-refractivity contribution < 1.29 is 9.90 Å². The molecule has 0 bridgehead atoms. The van der Waals surface area contributed by atoms with Crippen LogP contribution >= 0.6 is 0 Å². The number of carbonyl (C=O) groups excluding carboxylic acids is 1. The van der Waals surface area contributed by atoms with Crippen LogP contribution in [0.2, 0.25) is 0 Å². The third-order valence-electron chi connectivity index (χ3n) is 3.89. The predicted molar refractivity (Wildman–Crippen MR) is 79.3 cm³/mol. The summed E-state index contributed by atoms with van der Waals surface area (Å²) in [5.74, 6) is 0.316. The van der Waals surface area contributed by atoms with Crippen molar-refractivity contribution in [2.24, 2.45) is 5.92 Å². The number of aromatic nitrogens is 2. The summed E-state index contributed by atoms with van der Waals surface area (Å²) >= 11 is 0. The zero-order chi connectivity index (χ0) is 14.8. The fourth-order valence-corrected chi connectivity index (χ4v) is 2.40. The largest absolute Gasteiger partial charge is 0.391 e. The number of aliphatic hydroxyl groups is 1. The smallest absolute Gasteiger partial charge is 0.253 e. The number of nitrogens with zero attached hydrogens (tertiary/aromatic N) is 3. The predicted octanol–water partition coefficient (Wildman–Crippen LogP) is 1.72. The molecule has 3 rings (SSSR count). The molecule has 1 aromatic carbocycles. The lowest BCUT2D eigenvalue weighted by Crippen LogP contribution is -2.35. The molecule has 1 heterocycles. The first-order valence-electron chi connectivity index (χ1n) is 7.17. The Morgan fingerprint density at radius 1 is 1.43 bits per heavy atom. The maximum atomic E-state index is 12.3. The summed E-state index contributed by atoms with van der Waals surface area (Å²) in [7, 11) is 1.73. The van der Waals surface area contributed by atoms with Gasteiger partial charge in [0, 0.05) is 37.2 Å². The third-order valence-corrected chi connectivity index (χ3v) is 3.89. The van der Waals surface area contributed by atoms with Crippen molar-refractivity contribution >= 4 is 5.91 Å². The fraction of sp³-hybridized carbons (Fsp3) is 0.375. The summed E-state index contributed by atoms with van der Waals surface area (Å²) in [6.07, 6.45) is 7.03. The summed E-state index contributed by atoms with van der Waals surface area (Å²) in [6.45, 7) is 0.396. The summed E-state index contributed by atoms with van der Waals surface area (Å²) in [5.41, 5.74) is 1.59. The molecule has 0 radical (unpaired) electrons. The van der Waals surface area contributed by atoms with Crippen LogP contribution in [0.4, 0.5) is 0 Å². The molecule has 1 atom stereocenters. The number of amides is 1. The van der Waals surface area contributed by atoms with Gasteiger partial charge >= 0.3 is 0 Å². The van der Waals surface area contributed by atoms with Crippen molar-refractivity contribution in [3.05, 3.63) is 48.5 Å². The molecule has 0 spiro atoms. The van der Waals surface area contributed by atoms with Gasteiger partial charge in [-0.2, -0.15) is 0 Å². The number of imidazole rings is 1. The van der Waals surface area contributed by atoms with Crippen LogP contribution in [0.25, 0.3) is 5.69 Å². The molecule has 21 heavy (non-hydrogen) atoms. The van der Waals surface area contributed by atoms with E-state index in [1.165, 1.54) is 0 Å².